The second kappa shape index (κ2) is 9.07. The van der Waals surface area contributed by atoms with Gasteiger partial charge in [0.15, 0.2) is 0 Å². The fourth-order valence-corrected chi connectivity index (χ4v) is 4.89. The molecular weight excluding hydrogens is 389 g/mol. The van der Waals surface area contributed by atoms with Crippen molar-refractivity contribution in [3.63, 3.8) is 0 Å². The molecule has 2 aromatic rings. The Hall–Kier alpha value is -2.22. The van der Waals surface area contributed by atoms with E-state index in [2.05, 4.69) is 26.5 Å². The van der Waals surface area contributed by atoms with Gasteiger partial charge in [-0.05, 0) is 37.5 Å². The maximum atomic E-state index is 13.1. The van der Waals surface area contributed by atoms with Gasteiger partial charge in [-0.1, -0.05) is 31.4 Å². The lowest BCUT2D eigenvalue weighted by atomic mass is 9.96. The molecule has 0 bridgehead atoms. The van der Waals surface area contributed by atoms with Crippen LogP contribution in [-0.4, -0.2) is 52.0 Å². The fraction of sp³-hybridized carbons (Fsp3) is 0.571. The van der Waals surface area contributed by atoms with Crippen molar-refractivity contribution in [3.8, 4) is 0 Å². The number of carbonyl (C=O) groups excluding carboxylic acids is 1. The molecule has 2 aliphatic rings. The number of nitrogens with one attached hydrogen (secondary N) is 1. The van der Waals surface area contributed by atoms with Crippen LogP contribution in [0, 0.1) is 5.82 Å². The first kappa shape index (κ1) is 20.1. The predicted molar refractivity (Wildman–Crippen MR) is 113 cm³/mol. The average Bonchev–Trinajstić information content (AvgIpc) is 3.19. The van der Waals surface area contributed by atoms with E-state index in [0.717, 1.165) is 42.5 Å². The highest BCUT2D eigenvalue weighted by atomic mass is 32.1. The number of anilines is 1. The number of urea groups is 1. The molecule has 1 unspecified atom stereocenters. The molecule has 0 spiro atoms. The number of aromatic nitrogens is 2. The zero-order valence-electron chi connectivity index (χ0n) is 16.8. The number of rotatable bonds is 4. The number of benzene rings is 1. The van der Waals surface area contributed by atoms with Crippen LogP contribution in [0.5, 0.6) is 0 Å². The number of piperazine rings is 1. The smallest absolute Gasteiger partial charge is 0.317 e. The topological polar surface area (TPSA) is 61.4 Å². The summed E-state index contributed by atoms with van der Waals surface area (Å²) in [6.45, 7) is 4.29. The van der Waals surface area contributed by atoms with Gasteiger partial charge in [0.05, 0.1) is 0 Å². The van der Waals surface area contributed by atoms with Crippen molar-refractivity contribution in [3.05, 3.63) is 41.5 Å². The molecule has 29 heavy (non-hydrogen) atoms. The molecule has 2 heterocycles. The highest BCUT2D eigenvalue weighted by Gasteiger charge is 2.30. The van der Waals surface area contributed by atoms with Crippen molar-refractivity contribution in [1.82, 2.24) is 19.6 Å². The van der Waals surface area contributed by atoms with Gasteiger partial charge >= 0.3 is 6.03 Å². The van der Waals surface area contributed by atoms with E-state index in [-0.39, 0.29) is 17.9 Å². The zero-order chi connectivity index (χ0) is 20.2. The van der Waals surface area contributed by atoms with Gasteiger partial charge in [0.1, 0.15) is 11.6 Å². The molecule has 1 aliphatic carbocycles. The molecule has 1 aromatic heterocycles. The van der Waals surface area contributed by atoms with Crippen LogP contribution < -0.4 is 10.2 Å². The monoisotopic (exact) mass is 417 g/mol. The summed E-state index contributed by atoms with van der Waals surface area (Å²) in [4.78, 5) is 21.5. The number of hydrogen-bond donors (Lipinski definition) is 1. The van der Waals surface area contributed by atoms with E-state index >= 15 is 0 Å². The van der Waals surface area contributed by atoms with Crippen LogP contribution in [0.2, 0.25) is 0 Å². The third-order valence-electron chi connectivity index (χ3n) is 5.82. The van der Waals surface area contributed by atoms with Crippen molar-refractivity contribution in [2.75, 3.05) is 24.5 Å². The van der Waals surface area contributed by atoms with E-state index in [1.54, 1.807) is 12.1 Å². The van der Waals surface area contributed by atoms with Crippen LogP contribution in [0.15, 0.2) is 24.3 Å². The van der Waals surface area contributed by atoms with Crippen molar-refractivity contribution in [2.24, 2.45) is 0 Å². The van der Waals surface area contributed by atoms with Gasteiger partial charge in [0.2, 0.25) is 5.13 Å². The summed E-state index contributed by atoms with van der Waals surface area (Å²) in [5, 5.41) is 4.12. The van der Waals surface area contributed by atoms with Crippen LogP contribution in [0.3, 0.4) is 0 Å². The first-order valence-electron chi connectivity index (χ1n) is 10.5. The molecule has 156 valence electrons. The Kier molecular flexibility index (Phi) is 6.28. The Morgan fingerprint density at radius 3 is 2.69 bits per heavy atom. The van der Waals surface area contributed by atoms with Crippen molar-refractivity contribution in [2.45, 2.75) is 57.5 Å². The molecule has 1 saturated heterocycles. The summed E-state index contributed by atoms with van der Waals surface area (Å²) >= 11 is 1.39. The lowest BCUT2D eigenvalue weighted by Crippen LogP contribution is -2.58. The normalized spacial score (nSPS) is 20.7. The number of carbonyl (C=O) groups is 1. The Labute approximate surface area is 175 Å². The summed E-state index contributed by atoms with van der Waals surface area (Å²) < 4.78 is 17.5. The highest BCUT2D eigenvalue weighted by Crippen LogP contribution is 2.23. The van der Waals surface area contributed by atoms with E-state index in [1.165, 1.54) is 42.9 Å². The lowest BCUT2D eigenvalue weighted by Gasteiger charge is -2.40. The minimum atomic E-state index is -0.236. The van der Waals surface area contributed by atoms with Gasteiger partial charge in [-0.3, -0.25) is 0 Å². The first-order valence-corrected chi connectivity index (χ1v) is 11.2. The quantitative estimate of drug-likeness (QED) is 0.822. The zero-order valence-corrected chi connectivity index (χ0v) is 17.6. The van der Waals surface area contributed by atoms with Crippen molar-refractivity contribution in [1.29, 1.82) is 0 Å². The summed E-state index contributed by atoms with van der Waals surface area (Å²) in [6.07, 6.45) is 6.50. The SMILES string of the molecule is CC1CN(c2nc(Cc3ccc(F)cc3)ns2)CCN1C(=O)NC1CCCCC1. The molecule has 2 fully saturated rings. The molecule has 8 heteroatoms. The van der Waals surface area contributed by atoms with Crippen LogP contribution >= 0.6 is 11.5 Å². The largest absolute Gasteiger partial charge is 0.343 e. The number of halogens is 1. The maximum Gasteiger partial charge on any atom is 0.317 e. The van der Waals surface area contributed by atoms with Crippen LogP contribution in [0.4, 0.5) is 14.3 Å². The van der Waals surface area contributed by atoms with Gasteiger partial charge in [-0.25, -0.2) is 14.2 Å². The molecular formula is C21H28FN5OS. The number of hydrogen-bond acceptors (Lipinski definition) is 5. The Morgan fingerprint density at radius 1 is 1.21 bits per heavy atom. The van der Waals surface area contributed by atoms with E-state index in [0.29, 0.717) is 19.0 Å². The average molecular weight is 418 g/mol. The fourth-order valence-electron chi connectivity index (χ4n) is 4.17. The second-order valence-corrected chi connectivity index (χ2v) is 8.80. The number of nitrogens with zero attached hydrogens (tertiary/aromatic N) is 4. The van der Waals surface area contributed by atoms with Gasteiger partial charge < -0.3 is 15.1 Å². The van der Waals surface area contributed by atoms with E-state index in [9.17, 15) is 9.18 Å². The summed E-state index contributed by atoms with van der Waals surface area (Å²) in [5.41, 5.74) is 0.994. The highest BCUT2D eigenvalue weighted by molar-refractivity contribution is 7.09. The molecule has 0 radical (unpaired) electrons. The molecule has 1 N–H and O–H groups in total. The number of amides is 2. The van der Waals surface area contributed by atoms with E-state index in [1.807, 2.05) is 4.90 Å². The molecule has 1 aliphatic heterocycles. The minimum absolute atomic E-state index is 0.0679. The van der Waals surface area contributed by atoms with Crippen molar-refractivity contribution >= 4 is 22.7 Å². The van der Waals surface area contributed by atoms with Crippen LogP contribution in [-0.2, 0) is 6.42 Å². The van der Waals surface area contributed by atoms with E-state index in [4.69, 9.17) is 0 Å². The van der Waals surface area contributed by atoms with Gasteiger partial charge in [0, 0.05) is 49.7 Å². The molecule has 1 atom stereocenters. The Bertz CT molecular complexity index is 821. The molecule has 1 aromatic carbocycles. The Balaban J connectivity index is 1.31. The molecule has 2 amide bonds. The minimum Gasteiger partial charge on any atom is -0.343 e. The maximum absolute atomic E-state index is 13.1. The third kappa shape index (κ3) is 5.04. The standard InChI is InChI=1S/C21H28FN5OS/c1-15-14-26(11-12-27(15)20(28)23-18-5-3-2-4-6-18)21-24-19(25-29-21)13-16-7-9-17(22)10-8-16/h7-10,15,18H,2-6,11-14H2,1H3,(H,23,28). The third-order valence-corrected chi connectivity index (χ3v) is 6.64. The molecule has 4 rings (SSSR count). The second-order valence-electron chi connectivity index (χ2n) is 8.07. The summed E-state index contributed by atoms with van der Waals surface area (Å²) in [5.74, 6) is 0.516. The Morgan fingerprint density at radius 2 is 1.97 bits per heavy atom. The molecule has 1 saturated carbocycles. The van der Waals surface area contributed by atoms with Crippen LogP contribution in [0.25, 0.3) is 0 Å². The first-order chi connectivity index (χ1) is 14.1. The van der Waals surface area contributed by atoms with Crippen LogP contribution in [0.1, 0.15) is 50.4 Å². The van der Waals surface area contributed by atoms with E-state index < -0.39 is 0 Å². The lowest BCUT2D eigenvalue weighted by molar-refractivity contribution is 0.165. The summed E-state index contributed by atoms with van der Waals surface area (Å²) in [7, 11) is 0. The van der Waals surface area contributed by atoms with Crippen molar-refractivity contribution < 1.29 is 9.18 Å². The summed E-state index contributed by atoms with van der Waals surface area (Å²) in [6, 6.07) is 6.97. The van der Waals surface area contributed by atoms with Gasteiger partial charge in [-0.15, -0.1) is 0 Å². The van der Waals surface area contributed by atoms with Gasteiger partial charge in [-0.2, -0.15) is 4.37 Å². The molecule has 6 nitrogen and oxygen atoms in total. The van der Waals surface area contributed by atoms with Gasteiger partial charge in [0.25, 0.3) is 0 Å². The predicted octanol–water partition coefficient (Wildman–Crippen LogP) is 3.82.